The third kappa shape index (κ3) is 3.33. The summed E-state index contributed by atoms with van der Waals surface area (Å²) in [5, 5.41) is 10.4. The summed E-state index contributed by atoms with van der Waals surface area (Å²) in [7, 11) is 0. The van der Waals surface area contributed by atoms with Crippen LogP contribution in [0.4, 0.5) is 8.78 Å². The summed E-state index contributed by atoms with van der Waals surface area (Å²) in [5.74, 6) is -0.360. The van der Waals surface area contributed by atoms with Crippen LogP contribution in [0, 0.1) is 11.6 Å². The molecule has 0 radical (unpaired) electrons. The molecule has 1 aliphatic heterocycles. The number of likely N-dealkylation sites (tertiary alicyclic amines) is 1. The summed E-state index contributed by atoms with van der Waals surface area (Å²) in [6.45, 7) is 1.16. The van der Waals surface area contributed by atoms with Gasteiger partial charge in [0.25, 0.3) is 0 Å². The first-order chi connectivity index (χ1) is 12.1. The van der Waals surface area contributed by atoms with Crippen LogP contribution in [-0.2, 0) is 12.8 Å². The van der Waals surface area contributed by atoms with Crippen molar-refractivity contribution < 1.29 is 13.9 Å². The number of nitrogens with one attached hydrogen (secondary N) is 1. The zero-order valence-electron chi connectivity index (χ0n) is 14.1. The molecule has 134 valence electrons. The second kappa shape index (κ2) is 6.84. The Morgan fingerprint density at radius 1 is 1.24 bits per heavy atom. The molecule has 2 aromatic rings. The Morgan fingerprint density at radius 3 is 2.88 bits per heavy atom. The van der Waals surface area contributed by atoms with Gasteiger partial charge in [0.2, 0.25) is 0 Å². The SMILES string of the molecule is O[C@@H](CN1CCC[C@H]1c1nc2c([nH]1)CCCC2)c1ccc(F)cc1F. The number of aromatic amines is 1. The number of aliphatic hydroxyl groups is 1. The molecule has 0 unspecified atom stereocenters. The van der Waals surface area contributed by atoms with Crippen molar-refractivity contribution in [3.05, 3.63) is 52.6 Å². The molecule has 1 aliphatic carbocycles. The molecule has 0 spiro atoms. The van der Waals surface area contributed by atoms with Crippen molar-refractivity contribution in [1.29, 1.82) is 0 Å². The van der Waals surface area contributed by atoms with E-state index in [1.165, 1.54) is 36.4 Å². The molecule has 4 rings (SSSR count). The van der Waals surface area contributed by atoms with E-state index in [9.17, 15) is 13.9 Å². The van der Waals surface area contributed by atoms with E-state index in [0.29, 0.717) is 6.54 Å². The molecule has 1 aromatic heterocycles. The van der Waals surface area contributed by atoms with Gasteiger partial charge in [-0.15, -0.1) is 0 Å². The molecule has 1 fully saturated rings. The molecular weight excluding hydrogens is 324 g/mol. The van der Waals surface area contributed by atoms with Gasteiger partial charge in [-0.2, -0.15) is 0 Å². The van der Waals surface area contributed by atoms with E-state index in [4.69, 9.17) is 4.98 Å². The van der Waals surface area contributed by atoms with E-state index >= 15 is 0 Å². The fourth-order valence-electron chi connectivity index (χ4n) is 4.08. The molecule has 2 heterocycles. The van der Waals surface area contributed by atoms with Crippen molar-refractivity contribution in [1.82, 2.24) is 14.9 Å². The number of imidazole rings is 1. The van der Waals surface area contributed by atoms with Gasteiger partial charge < -0.3 is 10.1 Å². The van der Waals surface area contributed by atoms with Gasteiger partial charge in [-0.25, -0.2) is 13.8 Å². The third-order valence-corrected chi connectivity index (χ3v) is 5.38. The highest BCUT2D eigenvalue weighted by molar-refractivity contribution is 5.22. The smallest absolute Gasteiger partial charge is 0.131 e. The number of benzene rings is 1. The van der Waals surface area contributed by atoms with Crippen molar-refractivity contribution >= 4 is 0 Å². The number of halogens is 2. The van der Waals surface area contributed by atoms with Crippen molar-refractivity contribution in [3.8, 4) is 0 Å². The molecule has 6 heteroatoms. The Bertz CT molecular complexity index is 738. The predicted octanol–water partition coefficient (Wildman–Crippen LogP) is 3.44. The van der Waals surface area contributed by atoms with Crippen molar-refractivity contribution in [2.24, 2.45) is 0 Å². The average molecular weight is 347 g/mol. The first-order valence-electron chi connectivity index (χ1n) is 9.06. The van der Waals surface area contributed by atoms with Gasteiger partial charge in [0.15, 0.2) is 0 Å². The number of aromatic nitrogens is 2. The number of H-pyrrole nitrogens is 1. The topological polar surface area (TPSA) is 52.1 Å². The van der Waals surface area contributed by atoms with E-state index in [2.05, 4.69) is 9.88 Å². The Morgan fingerprint density at radius 2 is 2.08 bits per heavy atom. The standard InChI is InChI=1S/C19H23F2N3O/c20-12-7-8-13(14(21)10-12)18(25)11-24-9-3-6-17(24)19-22-15-4-1-2-5-16(15)23-19/h7-8,10,17-18,25H,1-6,9,11H2,(H,22,23)/t17-,18-/m0/s1. The highest BCUT2D eigenvalue weighted by Gasteiger charge is 2.31. The minimum absolute atomic E-state index is 0.128. The van der Waals surface area contributed by atoms with E-state index in [1.807, 2.05) is 0 Å². The van der Waals surface area contributed by atoms with Crippen LogP contribution in [0.25, 0.3) is 0 Å². The molecule has 2 N–H and O–H groups in total. The number of nitrogens with zero attached hydrogens (tertiary/aromatic N) is 2. The number of aliphatic hydroxyl groups excluding tert-OH is 1. The van der Waals surface area contributed by atoms with E-state index in [-0.39, 0.29) is 11.6 Å². The van der Waals surface area contributed by atoms with Gasteiger partial charge in [-0.1, -0.05) is 6.07 Å². The number of rotatable bonds is 4. The maximum absolute atomic E-state index is 13.9. The van der Waals surface area contributed by atoms with Crippen molar-refractivity contribution in [3.63, 3.8) is 0 Å². The fourth-order valence-corrected chi connectivity index (χ4v) is 4.08. The molecule has 0 amide bonds. The summed E-state index contributed by atoms with van der Waals surface area (Å²) in [5.41, 5.74) is 2.57. The Labute approximate surface area is 145 Å². The van der Waals surface area contributed by atoms with Gasteiger partial charge in [0.1, 0.15) is 17.5 Å². The van der Waals surface area contributed by atoms with Crippen LogP contribution in [0.5, 0.6) is 0 Å². The first kappa shape index (κ1) is 16.7. The molecule has 1 saturated heterocycles. The van der Waals surface area contributed by atoms with Gasteiger partial charge >= 0.3 is 0 Å². The minimum Gasteiger partial charge on any atom is -0.387 e. The van der Waals surface area contributed by atoms with Crippen LogP contribution in [0.1, 0.15) is 60.6 Å². The lowest BCUT2D eigenvalue weighted by Gasteiger charge is -2.26. The Hall–Kier alpha value is -1.79. The Kier molecular flexibility index (Phi) is 4.56. The van der Waals surface area contributed by atoms with Crippen LogP contribution in [0.3, 0.4) is 0 Å². The third-order valence-electron chi connectivity index (χ3n) is 5.38. The summed E-state index contributed by atoms with van der Waals surface area (Å²) >= 11 is 0. The maximum atomic E-state index is 13.9. The van der Waals surface area contributed by atoms with Crippen LogP contribution >= 0.6 is 0 Å². The first-order valence-corrected chi connectivity index (χ1v) is 9.06. The lowest BCUT2D eigenvalue weighted by Crippen LogP contribution is -2.29. The quantitative estimate of drug-likeness (QED) is 0.891. The van der Waals surface area contributed by atoms with Crippen LogP contribution in [0.2, 0.25) is 0 Å². The molecule has 4 nitrogen and oxygen atoms in total. The summed E-state index contributed by atoms with van der Waals surface area (Å²) in [6.07, 6.45) is 5.49. The molecule has 1 aromatic carbocycles. The van der Waals surface area contributed by atoms with Gasteiger partial charge in [0, 0.05) is 23.9 Å². The predicted molar refractivity (Wildman–Crippen MR) is 90.1 cm³/mol. The number of hydrogen-bond donors (Lipinski definition) is 2. The van der Waals surface area contributed by atoms with Crippen LogP contribution in [-0.4, -0.2) is 33.1 Å². The minimum atomic E-state index is -0.981. The van der Waals surface area contributed by atoms with E-state index < -0.39 is 17.7 Å². The highest BCUT2D eigenvalue weighted by Crippen LogP contribution is 2.34. The molecule has 25 heavy (non-hydrogen) atoms. The second-order valence-corrected chi connectivity index (χ2v) is 7.09. The average Bonchev–Trinajstić information content (AvgIpc) is 3.20. The zero-order valence-corrected chi connectivity index (χ0v) is 14.1. The lowest BCUT2D eigenvalue weighted by atomic mass is 10.0. The lowest BCUT2D eigenvalue weighted by molar-refractivity contribution is 0.101. The Balaban J connectivity index is 1.50. The van der Waals surface area contributed by atoms with Crippen molar-refractivity contribution in [2.45, 2.75) is 50.7 Å². The van der Waals surface area contributed by atoms with Crippen molar-refractivity contribution in [2.75, 3.05) is 13.1 Å². The van der Waals surface area contributed by atoms with Crippen LogP contribution < -0.4 is 0 Å². The number of β-amino-alcohol motifs (C(OH)–C–C–N with tert-alkyl or cyclic N) is 1. The zero-order chi connectivity index (χ0) is 17.4. The van der Waals surface area contributed by atoms with Gasteiger partial charge in [-0.3, -0.25) is 4.90 Å². The van der Waals surface area contributed by atoms with Gasteiger partial charge in [0.05, 0.1) is 17.8 Å². The largest absolute Gasteiger partial charge is 0.387 e. The van der Waals surface area contributed by atoms with E-state index in [1.54, 1.807) is 0 Å². The van der Waals surface area contributed by atoms with Gasteiger partial charge in [-0.05, 0) is 51.1 Å². The summed E-state index contributed by atoms with van der Waals surface area (Å²) in [6, 6.07) is 3.46. The maximum Gasteiger partial charge on any atom is 0.131 e. The molecule has 0 saturated carbocycles. The fraction of sp³-hybridized carbons (Fsp3) is 0.526. The monoisotopic (exact) mass is 347 g/mol. The molecule has 2 atom stereocenters. The van der Waals surface area contributed by atoms with E-state index in [0.717, 1.165) is 44.1 Å². The number of aryl methyl sites for hydroxylation is 2. The summed E-state index contributed by atoms with van der Waals surface area (Å²) < 4.78 is 27.0. The highest BCUT2D eigenvalue weighted by atomic mass is 19.1. The molecule has 2 aliphatic rings. The molecule has 0 bridgehead atoms. The number of fused-ring (bicyclic) bond motifs is 1. The second-order valence-electron chi connectivity index (χ2n) is 7.09. The molecular formula is C19H23F2N3O. The summed E-state index contributed by atoms with van der Waals surface area (Å²) in [4.78, 5) is 10.4. The van der Waals surface area contributed by atoms with Crippen LogP contribution in [0.15, 0.2) is 18.2 Å². The number of hydrogen-bond acceptors (Lipinski definition) is 3. The normalized spacial score (nSPS) is 22.1.